The molecule has 2 aromatic rings. The van der Waals surface area contributed by atoms with Crippen molar-refractivity contribution in [3.8, 4) is 5.75 Å². The Kier molecular flexibility index (Phi) is 6.88. The second-order valence-corrected chi connectivity index (χ2v) is 7.00. The van der Waals surface area contributed by atoms with Crippen LogP contribution in [0.25, 0.3) is 0 Å². The van der Waals surface area contributed by atoms with Gasteiger partial charge in [0, 0.05) is 6.54 Å². The van der Waals surface area contributed by atoms with Gasteiger partial charge in [-0.25, -0.2) is 0 Å². The molecule has 0 saturated heterocycles. The van der Waals surface area contributed by atoms with Gasteiger partial charge in [0.05, 0.1) is 27.4 Å². The molecule has 23 heavy (non-hydrogen) atoms. The molecule has 5 heteroatoms. The van der Waals surface area contributed by atoms with Crippen molar-refractivity contribution in [2.45, 2.75) is 26.8 Å². The minimum atomic E-state index is 0.447. The topological polar surface area (TPSA) is 21.3 Å². The third-order valence-electron chi connectivity index (χ3n) is 3.36. The van der Waals surface area contributed by atoms with Crippen molar-refractivity contribution in [1.82, 2.24) is 0 Å². The Hall–Kier alpha value is -1.09. The Labute approximate surface area is 152 Å². The molecule has 1 N–H and O–H groups in total. The van der Waals surface area contributed by atoms with Crippen molar-refractivity contribution in [2.75, 3.05) is 11.9 Å². The van der Waals surface area contributed by atoms with Crippen LogP contribution in [0.2, 0.25) is 15.1 Å². The zero-order valence-electron chi connectivity index (χ0n) is 13.2. The molecule has 0 spiro atoms. The maximum Gasteiger partial charge on any atom is 0.119 e. The largest absolute Gasteiger partial charge is 0.494 e. The first-order valence-corrected chi connectivity index (χ1v) is 8.69. The first-order valence-electron chi connectivity index (χ1n) is 7.56. The van der Waals surface area contributed by atoms with E-state index >= 15 is 0 Å². The second kappa shape index (κ2) is 8.68. The molecule has 0 aliphatic heterocycles. The zero-order chi connectivity index (χ0) is 16.8. The van der Waals surface area contributed by atoms with E-state index in [0.717, 1.165) is 30.0 Å². The lowest BCUT2D eigenvalue weighted by molar-refractivity contribution is 0.289. The van der Waals surface area contributed by atoms with Gasteiger partial charge in [0.2, 0.25) is 0 Å². The summed E-state index contributed by atoms with van der Waals surface area (Å²) in [7, 11) is 0. The van der Waals surface area contributed by atoms with Crippen molar-refractivity contribution in [1.29, 1.82) is 0 Å². The van der Waals surface area contributed by atoms with E-state index in [1.165, 1.54) is 0 Å². The summed E-state index contributed by atoms with van der Waals surface area (Å²) in [6.07, 6.45) is 1.04. The molecule has 0 radical (unpaired) electrons. The molecule has 0 atom stereocenters. The number of benzene rings is 2. The fourth-order valence-electron chi connectivity index (χ4n) is 2.01. The van der Waals surface area contributed by atoms with E-state index in [1.54, 1.807) is 12.1 Å². The third-order valence-corrected chi connectivity index (χ3v) is 4.39. The Morgan fingerprint density at radius 3 is 2.48 bits per heavy atom. The molecular weight excluding hydrogens is 353 g/mol. The Morgan fingerprint density at radius 2 is 1.74 bits per heavy atom. The van der Waals surface area contributed by atoms with Crippen LogP contribution in [-0.4, -0.2) is 6.61 Å². The van der Waals surface area contributed by atoms with E-state index in [2.05, 4.69) is 19.2 Å². The van der Waals surface area contributed by atoms with Gasteiger partial charge in [-0.1, -0.05) is 60.8 Å². The van der Waals surface area contributed by atoms with Crippen molar-refractivity contribution >= 4 is 40.5 Å². The van der Waals surface area contributed by atoms with Crippen LogP contribution in [0.3, 0.4) is 0 Å². The fourth-order valence-corrected chi connectivity index (χ4v) is 2.63. The molecule has 2 aromatic carbocycles. The Bertz CT molecular complexity index is 659. The molecule has 2 rings (SSSR count). The number of rotatable bonds is 7. The highest BCUT2D eigenvalue weighted by atomic mass is 35.5. The molecule has 0 aromatic heterocycles. The lowest BCUT2D eigenvalue weighted by Crippen LogP contribution is -2.03. The van der Waals surface area contributed by atoms with Crippen molar-refractivity contribution in [2.24, 2.45) is 5.92 Å². The molecule has 0 aliphatic carbocycles. The predicted octanol–water partition coefficient (Wildman–Crippen LogP) is 6.68. The van der Waals surface area contributed by atoms with Crippen LogP contribution in [0.1, 0.15) is 25.8 Å². The Balaban J connectivity index is 1.97. The van der Waals surface area contributed by atoms with Crippen molar-refractivity contribution in [3.63, 3.8) is 0 Å². The molecular formula is C18H20Cl3NO. The van der Waals surface area contributed by atoms with Crippen molar-refractivity contribution in [3.05, 3.63) is 57.0 Å². The minimum absolute atomic E-state index is 0.447. The summed E-state index contributed by atoms with van der Waals surface area (Å²) < 4.78 is 5.78. The van der Waals surface area contributed by atoms with Gasteiger partial charge >= 0.3 is 0 Å². The number of hydrogen-bond acceptors (Lipinski definition) is 2. The van der Waals surface area contributed by atoms with E-state index in [1.807, 2.05) is 24.3 Å². The number of hydrogen-bond donors (Lipinski definition) is 1. The van der Waals surface area contributed by atoms with Gasteiger partial charge < -0.3 is 10.1 Å². The number of halogens is 3. The summed E-state index contributed by atoms with van der Waals surface area (Å²) in [5, 5.41) is 4.74. The summed E-state index contributed by atoms with van der Waals surface area (Å²) in [6, 6.07) is 11.4. The van der Waals surface area contributed by atoms with Gasteiger partial charge in [0.1, 0.15) is 5.75 Å². The highest BCUT2D eigenvalue weighted by Crippen LogP contribution is 2.32. The fraction of sp³-hybridized carbons (Fsp3) is 0.333. The quantitative estimate of drug-likeness (QED) is 0.547. The highest BCUT2D eigenvalue weighted by molar-refractivity contribution is 6.44. The number of ether oxygens (including phenoxy) is 1. The van der Waals surface area contributed by atoms with E-state index in [4.69, 9.17) is 39.5 Å². The average molecular weight is 373 g/mol. The lowest BCUT2D eigenvalue weighted by Gasteiger charge is -2.12. The molecule has 0 amide bonds. The van der Waals surface area contributed by atoms with Gasteiger partial charge in [-0.3, -0.25) is 0 Å². The van der Waals surface area contributed by atoms with Crippen LogP contribution in [0.4, 0.5) is 5.69 Å². The van der Waals surface area contributed by atoms with Crippen LogP contribution in [0.15, 0.2) is 36.4 Å². The van der Waals surface area contributed by atoms with E-state index in [9.17, 15) is 0 Å². The number of nitrogens with one attached hydrogen (secondary N) is 1. The third kappa shape index (κ3) is 5.80. The molecule has 0 heterocycles. The molecule has 0 aliphatic rings. The normalized spacial score (nSPS) is 10.9. The molecule has 124 valence electrons. The van der Waals surface area contributed by atoms with Crippen LogP contribution < -0.4 is 10.1 Å². The summed E-state index contributed by atoms with van der Waals surface area (Å²) in [5.74, 6) is 1.52. The van der Waals surface area contributed by atoms with Gasteiger partial charge in [-0.15, -0.1) is 0 Å². The maximum absolute atomic E-state index is 6.17. The summed E-state index contributed by atoms with van der Waals surface area (Å²) in [6.45, 7) is 5.72. The van der Waals surface area contributed by atoms with Gasteiger partial charge in [0.15, 0.2) is 0 Å². The van der Waals surface area contributed by atoms with Crippen LogP contribution in [0.5, 0.6) is 5.75 Å². The Morgan fingerprint density at radius 1 is 1.00 bits per heavy atom. The first kappa shape index (κ1) is 18.3. The summed E-state index contributed by atoms with van der Waals surface area (Å²) >= 11 is 18.1. The van der Waals surface area contributed by atoms with Crippen LogP contribution in [-0.2, 0) is 6.54 Å². The SMILES string of the molecule is CC(C)CCOc1cccc(CNc2cc(Cl)c(Cl)cc2Cl)c1. The minimum Gasteiger partial charge on any atom is -0.494 e. The first-order chi connectivity index (χ1) is 11.0. The second-order valence-electron chi connectivity index (χ2n) is 5.78. The highest BCUT2D eigenvalue weighted by Gasteiger charge is 2.06. The monoisotopic (exact) mass is 371 g/mol. The predicted molar refractivity (Wildman–Crippen MR) is 100 cm³/mol. The van der Waals surface area contributed by atoms with Crippen LogP contribution >= 0.6 is 34.8 Å². The lowest BCUT2D eigenvalue weighted by atomic mass is 10.1. The summed E-state index contributed by atoms with van der Waals surface area (Å²) in [5.41, 5.74) is 1.86. The van der Waals surface area contributed by atoms with E-state index in [-0.39, 0.29) is 0 Å². The number of anilines is 1. The van der Waals surface area contributed by atoms with Gasteiger partial charge in [-0.05, 0) is 42.2 Å². The maximum atomic E-state index is 6.17. The standard InChI is InChI=1S/C18H20Cl3NO/c1-12(2)6-7-23-14-5-3-4-13(8-14)11-22-18-10-16(20)15(19)9-17(18)21/h3-5,8-10,12,22H,6-7,11H2,1-2H3. The molecule has 0 saturated carbocycles. The van der Waals surface area contributed by atoms with Crippen LogP contribution in [0, 0.1) is 5.92 Å². The van der Waals surface area contributed by atoms with E-state index in [0.29, 0.717) is 27.5 Å². The summed E-state index contributed by atoms with van der Waals surface area (Å²) in [4.78, 5) is 0. The van der Waals surface area contributed by atoms with Gasteiger partial charge in [-0.2, -0.15) is 0 Å². The zero-order valence-corrected chi connectivity index (χ0v) is 15.5. The molecule has 0 fully saturated rings. The molecule has 2 nitrogen and oxygen atoms in total. The van der Waals surface area contributed by atoms with Gasteiger partial charge in [0.25, 0.3) is 0 Å². The average Bonchev–Trinajstić information content (AvgIpc) is 2.50. The van der Waals surface area contributed by atoms with E-state index < -0.39 is 0 Å². The molecule has 0 bridgehead atoms. The smallest absolute Gasteiger partial charge is 0.119 e. The molecule has 0 unspecified atom stereocenters. The van der Waals surface area contributed by atoms with Crippen molar-refractivity contribution < 1.29 is 4.74 Å².